The number of carbonyl (C=O) groups is 2. The van der Waals surface area contributed by atoms with E-state index >= 15 is 0 Å². The van der Waals surface area contributed by atoms with E-state index in [0.717, 1.165) is 26.2 Å². The Morgan fingerprint density at radius 2 is 1.72 bits per heavy atom. The van der Waals surface area contributed by atoms with Gasteiger partial charge >= 0.3 is 0 Å². The second-order valence-electron chi connectivity index (χ2n) is 8.84. The number of carbonyl (C=O) groups excluding carboxylic acids is 2. The molecule has 3 aromatic carbocycles. The van der Waals surface area contributed by atoms with Gasteiger partial charge in [-0.3, -0.25) is 13.9 Å². The number of rotatable bonds is 12. The smallest absolute Gasteiger partial charge is 0.244 e. The van der Waals surface area contributed by atoms with Gasteiger partial charge in [-0.1, -0.05) is 70.0 Å². The van der Waals surface area contributed by atoms with E-state index in [1.165, 1.54) is 24.1 Å². The lowest BCUT2D eigenvalue weighted by Crippen LogP contribution is -2.53. The Morgan fingerprint density at radius 1 is 1.03 bits per heavy atom. The lowest BCUT2D eigenvalue weighted by molar-refractivity contribution is -0.140. The number of methoxy groups -OCH3 is 1. The summed E-state index contributed by atoms with van der Waals surface area (Å²) >= 11 is 9.63. The number of nitrogens with one attached hydrogen (secondary N) is 1. The molecule has 0 bridgehead atoms. The lowest BCUT2D eigenvalue weighted by Gasteiger charge is -2.33. The molecule has 208 valence electrons. The Kier molecular flexibility index (Phi) is 10.8. The Labute approximate surface area is 243 Å². The van der Waals surface area contributed by atoms with Gasteiger partial charge in [-0.15, -0.1) is 0 Å². The van der Waals surface area contributed by atoms with Gasteiger partial charge in [0.1, 0.15) is 18.3 Å². The fraction of sp³-hybridized carbons (Fsp3) is 0.286. The predicted octanol–water partition coefficient (Wildman–Crippen LogP) is 4.65. The third-order valence-corrected chi connectivity index (χ3v) is 7.81. The van der Waals surface area contributed by atoms with Crippen LogP contribution in [0.2, 0.25) is 5.02 Å². The summed E-state index contributed by atoms with van der Waals surface area (Å²) in [7, 11) is -2.55. The standard InChI is InChI=1S/C28H31BrClN3O5S/c1-4-31-28(35)25(16-20-9-6-5-7-10-20)32(18-21-11-8-12-22(29)15-21)27(34)19-33(39(3,36)37)24-17-23(30)13-14-26(24)38-2/h5-15,17,25H,4,16,18-19H2,1-3H3,(H,31,35). The molecule has 0 aromatic heterocycles. The first-order valence-electron chi connectivity index (χ1n) is 12.2. The number of benzene rings is 3. The van der Waals surface area contributed by atoms with Crippen LogP contribution in [-0.4, -0.2) is 57.6 Å². The molecule has 1 N–H and O–H groups in total. The molecular formula is C28H31BrClN3O5S. The number of hydrogen-bond acceptors (Lipinski definition) is 5. The highest BCUT2D eigenvalue weighted by Gasteiger charge is 2.33. The molecule has 39 heavy (non-hydrogen) atoms. The zero-order chi connectivity index (χ0) is 28.6. The van der Waals surface area contributed by atoms with Crippen LogP contribution >= 0.6 is 27.5 Å². The van der Waals surface area contributed by atoms with Crippen LogP contribution in [0.15, 0.2) is 77.3 Å². The van der Waals surface area contributed by atoms with Crippen molar-refractivity contribution in [2.75, 3.05) is 30.8 Å². The molecule has 0 aliphatic carbocycles. The largest absolute Gasteiger partial charge is 0.495 e. The van der Waals surface area contributed by atoms with Gasteiger partial charge in [-0.2, -0.15) is 0 Å². The second-order valence-corrected chi connectivity index (χ2v) is 12.1. The number of ether oxygens (including phenoxy) is 1. The maximum atomic E-state index is 14.0. The molecule has 0 saturated carbocycles. The Hall–Kier alpha value is -3.08. The minimum Gasteiger partial charge on any atom is -0.495 e. The molecule has 1 unspecified atom stereocenters. The van der Waals surface area contributed by atoms with E-state index in [1.807, 2.05) is 54.6 Å². The molecule has 0 aliphatic rings. The van der Waals surface area contributed by atoms with Crippen molar-refractivity contribution in [2.24, 2.45) is 0 Å². The maximum Gasteiger partial charge on any atom is 0.244 e. The van der Waals surface area contributed by atoms with E-state index in [1.54, 1.807) is 13.0 Å². The van der Waals surface area contributed by atoms with E-state index in [9.17, 15) is 18.0 Å². The van der Waals surface area contributed by atoms with Crippen LogP contribution in [0.3, 0.4) is 0 Å². The first-order valence-corrected chi connectivity index (χ1v) is 15.2. The molecular weight excluding hydrogens is 606 g/mol. The summed E-state index contributed by atoms with van der Waals surface area (Å²) in [6.07, 6.45) is 1.25. The zero-order valence-electron chi connectivity index (χ0n) is 21.9. The Morgan fingerprint density at radius 3 is 2.33 bits per heavy atom. The Balaban J connectivity index is 2.08. The summed E-state index contributed by atoms with van der Waals surface area (Å²) in [5, 5.41) is 3.11. The number of nitrogens with zero attached hydrogens (tertiary/aromatic N) is 2. The van der Waals surface area contributed by atoms with Gasteiger partial charge in [0, 0.05) is 29.0 Å². The maximum absolute atomic E-state index is 14.0. The monoisotopic (exact) mass is 635 g/mol. The highest BCUT2D eigenvalue weighted by Crippen LogP contribution is 2.33. The molecule has 0 fully saturated rings. The number of sulfonamides is 1. The van der Waals surface area contributed by atoms with Crippen LogP contribution in [0.25, 0.3) is 0 Å². The van der Waals surface area contributed by atoms with Crippen molar-refractivity contribution >= 4 is 55.1 Å². The topological polar surface area (TPSA) is 96.0 Å². The van der Waals surface area contributed by atoms with E-state index in [4.69, 9.17) is 16.3 Å². The molecule has 3 rings (SSSR count). The highest BCUT2D eigenvalue weighted by molar-refractivity contribution is 9.10. The van der Waals surface area contributed by atoms with Crippen LogP contribution in [0.1, 0.15) is 18.1 Å². The van der Waals surface area contributed by atoms with E-state index in [-0.39, 0.29) is 35.3 Å². The average Bonchev–Trinajstić information content (AvgIpc) is 2.89. The van der Waals surface area contributed by atoms with Gasteiger partial charge in [0.05, 0.1) is 19.1 Å². The molecule has 0 aliphatic heterocycles. The molecule has 0 heterocycles. The number of likely N-dealkylation sites (N-methyl/N-ethyl adjacent to an activating group) is 1. The van der Waals surface area contributed by atoms with Crippen molar-refractivity contribution in [1.82, 2.24) is 10.2 Å². The van der Waals surface area contributed by atoms with Crippen molar-refractivity contribution in [1.29, 1.82) is 0 Å². The van der Waals surface area contributed by atoms with Crippen molar-refractivity contribution in [3.63, 3.8) is 0 Å². The van der Waals surface area contributed by atoms with Gasteiger partial charge in [-0.05, 0) is 48.4 Å². The van der Waals surface area contributed by atoms with Crippen LogP contribution in [0, 0.1) is 0 Å². The summed E-state index contributed by atoms with van der Waals surface area (Å²) < 4.78 is 33.0. The summed E-state index contributed by atoms with van der Waals surface area (Å²) in [5.74, 6) is -0.661. The fourth-order valence-electron chi connectivity index (χ4n) is 4.13. The normalized spacial score (nSPS) is 11.9. The molecule has 0 radical (unpaired) electrons. The van der Waals surface area contributed by atoms with Gasteiger partial charge in [0.25, 0.3) is 0 Å². The summed E-state index contributed by atoms with van der Waals surface area (Å²) in [4.78, 5) is 28.8. The van der Waals surface area contributed by atoms with Crippen LogP contribution in [0.5, 0.6) is 5.75 Å². The third-order valence-electron chi connectivity index (χ3n) is 5.95. The van der Waals surface area contributed by atoms with Crippen molar-refractivity contribution in [2.45, 2.75) is 25.9 Å². The summed E-state index contributed by atoms with van der Waals surface area (Å²) in [6.45, 7) is 1.69. The molecule has 0 spiro atoms. The molecule has 1 atom stereocenters. The molecule has 8 nitrogen and oxygen atoms in total. The van der Waals surface area contributed by atoms with E-state index in [0.29, 0.717) is 6.54 Å². The summed E-state index contributed by atoms with van der Waals surface area (Å²) in [5.41, 5.74) is 1.75. The minimum absolute atomic E-state index is 0.0805. The highest BCUT2D eigenvalue weighted by atomic mass is 79.9. The second kappa shape index (κ2) is 13.8. The third kappa shape index (κ3) is 8.45. The van der Waals surface area contributed by atoms with Crippen LogP contribution < -0.4 is 14.4 Å². The van der Waals surface area contributed by atoms with Gasteiger partial charge < -0.3 is 15.0 Å². The van der Waals surface area contributed by atoms with Gasteiger partial charge in [0.15, 0.2) is 0 Å². The molecule has 0 saturated heterocycles. The zero-order valence-corrected chi connectivity index (χ0v) is 25.1. The first-order chi connectivity index (χ1) is 18.5. The van der Waals surface area contributed by atoms with E-state index < -0.39 is 28.5 Å². The number of amides is 2. The average molecular weight is 637 g/mol. The van der Waals surface area contributed by atoms with Gasteiger partial charge in [0.2, 0.25) is 21.8 Å². The number of hydrogen-bond donors (Lipinski definition) is 1. The minimum atomic E-state index is -3.95. The molecule has 11 heteroatoms. The number of anilines is 1. The molecule has 2 amide bonds. The molecule has 3 aromatic rings. The quantitative estimate of drug-likeness (QED) is 0.312. The lowest BCUT2D eigenvalue weighted by atomic mass is 10.0. The van der Waals surface area contributed by atoms with Gasteiger partial charge in [-0.25, -0.2) is 8.42 Å². The van der Waals surface area contributed by atoms with Crippen LogP contribution in [-0.2, 0) is 32.6 Å². The van der Waals surface area contributed by atoms with Crippen molar-refractivity contribution in [3.8, 4) is 5.75 Å². The Bertz CT molecular complexity index is 1410. The van der Waals surface area contributed by atoms with Crippen LogP contribution in [0.4, 0.5) is 5.69 Å². The predicted molar refractivity (Wildman–Crippen MR) is 158 cm³/mol. The first kappa shape index (κ1) is 30.5. The fourth-order valence-corrected chi connectivity index (χ4v) is 5.59. The SMILES string of the molecule is CCNC(=O)C(Cc1ccccc1)N(Cc1cccc(Br)c1)C(=O)CN(c1cc(Cl)ccc1OC)S(C)(=O)=O. The van der Waals surface area contributed by atoms with E-state index in [2.05, 4.69) is 21.2 Å². The van der Waals surface area contributed by atoms with Crippen molar-refractivity contribution in [3.05, 3.63) is 93.4 Å². The van der Waals surface area contributed by atoms with Crippen molar-refractivity contribution < 1.29 is 22.7 Å². The summed E-state index contributed by atoms with van der Waals surface area (Å²) in [6, 6.07) is 20.4. The number of halogens is 2.